The number of hydrogen-bond donors (Lipinski definition) is 0. The molecule has 5 aromatic rings. The third-order valence-electron chi connectivity index (χ3n) is 4.36. The van der Waals surface area contributed by atoms with Crippen LogP contribution in [-0.4, -0.2) is 30.5 Å². The number of amides is 1. The number of rotatable bonds is 3. The molecule has 9 heteroatoms. The average molecular weight is 421 g/mol. The van der Waals surface area contributed by atoms with E-state index in [4.69, 9.17) is 11.6 Å². The predicted octanol–water partition coefficient (Wildman–Crippen LogP) is 4.67. The van der Waals surface area contributed by atoms with Crippen molar-refractivity contribution < 1.29 is 4.79 Å². The third-order valence-corrected chi connectivity index (χ3v) is 5.62. The Morgan fingerprint density at radius 1 is 1.10 bits per heavy atom. The lowest BCUT2D eigenvalue weighted by atomic mass is 10.3. The molecule has 0 radical (unpaired) electrons. The average Bonchev–Trinajstić information content (AvgIpc) is 3.33. The Labute approximate surface area is 174 Å². The molecule has 3 aromatic heterocycles. The summed E-state index contributed by atoms with van der Waals surface area (Å²) >= 11 is 7.60. The van der Waals surface area contributed by atoms with E-state index in [1.54, 1.807) is 41.0 Å². The minimum atomic E-state index is -0.406. The fraction of sp³-hybridized carbons (Fsp3) is 0.0500. The Balaban J connectivity index is 1.68. The normalized spacial score (nSPS) is 11.2. The minimum Gasteiger partial charge on any atom is -0.264 e. The van der Waals surface area contributed by atoms with Crippen LogP contribution in [0, 0.1) is 6.92 Å². The molecule has 3 heterocycles. The first-order valence-electron chi connectivity index (χ1n) is 8.74. The van der Waals surface area contributed by atoms with Crippen LogP contribution in [0.4, 0.5) is 10.8 Å². The second-order valence-electron chi connectivity index (χ2n) is 6.32. The minimum absolute atomic E-state index is 0.0334. The number of carbonyl (C=O) groups excluding carboxylic acids is 1. The molecule has 0 N–H and O–H groups in total. The van der Waals surface area contributed by atoms with Gasteiger partial charge in [0.1, 0.15) is 0 Å². The van der Waals surface area contributed by atoms with Gasteiger partial charge in [-0.05, 0) is 43.3 Å². The monoisotopic (exact) mass is 420 g/mol. The molecule has 0 atom stereocenters. The van der Waals surface area contributed by atoms with E-state index < -0.39 is 5.91 Å². The highest BCUT2D eigenvalue weighted by Crippen LogP contribution is 2.35. The molecular formula is C20H13ClN6OS. The predicted molar refractivity (Wildman–Crippen MR) is 113 cm³/mol. The highest BCUT2D eigenvalue weighted by molar-refractivity contribution is 7.22. The van der Waals surface area contributed by atoms with Crippen LogP contribution >= 0.6 is 22.9 Å². The Hall–Kier alpha value is -3.36. The molecule has 0 fully saturated rings. The second-order valence-corrected chi connectivity index (χ2v) is 7.76. The Bertz CT molecular complexity index is 1340. The molecule has 5 rings (SSSR count). The van der Waals surface area contributed by atoms with Crippen LogP contribution in [0.5, 0.6) is 0 Å². The van der Waals surface area contributed by atoms with E-state index in [9.17, 15) is 4.79 Å². The molecular weight excluding hydrogens is 408 g/mol. The van der Waals surface area contributed by atoms with Crippen LogP contribution in [0.15, 0.2) is 60.8 Å². The number of thiazole rings is 1. The Morgan fingerprint density at radius 3 is 2.76 bits per heavy atom. The van der Waals surface area contributed by atoms with E-state index in [0.717, 1.165) is 15.9 Å². The number of benzene rings is 2. The SMILES string of the molecule is Cc1ccnc2nc(C(=O)N(c3cccc(Cl)c3)c3nc4ccccc4s3)nn12. The fourth-order valence-corrected chi connectivity index (χ4v) is 4.15. The van der Waals surface area contributed by atoms with Gasteiger partial charge in [-0.1, -0.05) is 41.1 Å². The first kappa shape index (κ1) is 17.7. The van der Waals surface area contributed by atoms with Crippen molar-refractivity contribution in [1.82, 2.24) is 24.6 Å². The quantitative estimate of drug-likeness (QED) is 0.423. The largest absolute Gasteiger partial charge is 0.304 e. The molecule has 2 aromatic carbocycles. The van der Waals surface area contributed by atoms with E-state index in [0.29, 0.717) is 21.6 Å². The van der Waals surface area contributed by atoms with Gasteiger partial charge in [-0.2, -0.15) is 4.98 Å². The molecule has 0 aliphatic rings. The van der Waals surface area contributed by atoms with Crippen molar-refractivity contribution in [3.05, 3.63) is 77.3 Å². The van der Waals surface area contributed by atoms with E-state index in [-0.39, 0.29) is 5.82 Å². The molecule has 0 bridgehead atoms. The summed E-state index contributed by atoms with van der Waals surface area (Å²) in [5, 5.41) is 5.39. The van der Waals surface area contributed by atoms with Crippen molar-refractivity contribution in [2.45, 2.75) is 6.92 Å². The highest BCUT2D eigenvalue weighted by atomic mass is 35.5. The second kappa shape index (κ2) is 6.91. The molecule has 142 valence electrons. The van der Waals surface area contributed by atoms with Gasteiger partial charge in [0.15, 0.2) is 5.13 Å². The van der Waals surface area contributed by atoms with E-state index >= 15 is 0 Å². The fourth-order valence-electron chi connectivity index (χ4n) is 2.98. The van der Waals surface area contributed by atoms with Gasteiger partial charge in [0.25, 0.3) is 5.78 Å². The number of fused-ring (bicyclic) bond motifs is 2. The summed E-state index contributed by atoms with van der Waals surface area (Å²) in [4.78, 5) is 28.1. The zero-order valence-electron chi connectivity index (χ0n) is 15.2. The summed E-state index contributed by atoms with van der Waals surface area (Å²) in [7, 11) is 0. The number of carbonyl (C=O) groups is 1. The summed E-state index contributed by atoms with van der Waals surface area (Å²) in [6, 6.07) is 16.6. The van der Waals surface area contributed by atoms with Gasteiger partial charge < -0.3 is 0 Å². The Kier molecular flexibility index (Phi) is 4.22. The van der Waals surface area contributed by atoms with Crippen LogP contribution in [0.25, 0.3) is 16.0 Å². The molecule has 0 saturated heterocycles. The number of para-hydroxylation sites is 1. The maximum atomic E-state index is 13.5. The van der Waals surface area contributed by atoms with Crippen molar-refractivity contribution >= 4 is 55.7 Å². The van der Waals surface area contributed by atoms with Crippen molar-refractivity contribution in [2.75, 3.05) is 4.90 Å². The lowest BCUT2D eigenvalue weighted by Gasteiger charge is -2.18. The van der Waals surface area contributed by atoms with Gasteiger partial charge >= 0.3 is 5.91 Å². The van der Waals surface area contributed by atoms with Crippen LogP contribution < -0.4 is 4.90 Å². The number of hydrogen-bond acceptors (Lipinski definition) is 6. The first-order chi connectivity index (χ1) is 14.1. The van der Waals surface area contributed by atoms with Crippen LogP contribution in [0.3, 0.4) is 0 Å². The lowest BCUT2D eigenvalue weighted by molar-refractivity contribution is 0.0989. The number of anilines is 2. The molecule has 1 amide bonds. The van der Waals surface area contributed by atoms with Gasteiger partial charge in [0.05, 0.1) is 15.9 Å². The van der Waals surface area contributed by atoms with Crippen LogP contribution in [0.2, 0.25) is 5.02 Å². The summed E-state index contributed by atoms with van der Waals surface area (Å²) in [6.07, 6.45) is 1.63. The molecule has 0 aliphatic heterocycles. The molecule has 0 spiro atoms. The van der Waals surface area contributed by atoms with Gasteiger partial charge in [-0.3, -0.25) is 4.79 Å². The smallest absolute Gasteiger partial charge is 0.264 e. The zero-order valence-corrected chi connectivity index (χ0v) is 16.7. The number of halogens is 1. The summed E-state index contributed by atoms with van der Waals surface area (Å²) < 4.78 is 2.52. The van der Waals surface area contributed by atoms with Crippen molar-refractivity contribution in [1.29, 1.82) is 0 Å². The van der Waals surface area contributed by atoms with Gasteiger partial charge in [-0.15, -0.1) is 5.10 Å². The maximum absolute atomic E-state index is 13.5. The van der Waals surface area contributed by atoms with Gasteiger partial charge in [0.2, 0.25) is 5.82 Å². The van der Waals surface area contributed by atoms with Crippen molar-refractivity contribution in [3.8, 4) is 0 Å². The number of nitrogens with zero attached hydrogens (tertiary/aromatic N) is 6. The zero-order chi connectivity index (χ0) is 20.0. The van der Waals surface area contributed by atoms with Crippen LogP contribution in [-0.2, 0) is 0 Å². The number of aromatic nitrogens is 5. The third kappa shape index (κ3) is 3.12. The molecule has 29 heavy (non-hydrogen) atoms. The summed E-state index contributed by atoms with van der Waals surface area (Å²) in [6.45, 7) is 1.87. The van der Waals surface area contributed by atoms with Crippen molar-refractivity contribution in [3.63, 3.8) is 0 Å². The molecule has 7 nitrogen and oxygen atoms in total. The molecule has 0 saturated carbocycles. The summed E-state index contributed by atoms with van der Waals surface area (Å²) in [5.41, 5.74) is 2.23. The van der Waals surface area contributed by atoms with E-state index in [1.807, 2.05) is 31.2 Å². The maximum Gasteiger partial charge on any atom is 0.304 e. The summed E-state index contributed by atoms with van der Waals surface area (Å²) in [5.74, 6) is -0.00838. The topological polar surface area (TPSA) is 76.3 Å². The van der Waals surface area contributed by atoms with Crippen LogP contribution in [0.1, 0.15) is 16.3 Å². The first-order valence-corrected chi connectivity index (χ1v) is 9.93. The van der Waals surface area contributed by atoms with E-state index in [1.165, 1.54) is 16.2 Å². The van der Waals surface area contributed by atoms with Gasteiger partial charge in [0, 0.05) is 16.9 Å². The highest BCUT2D eigenvalue weighted by Gasteiger charge is 2.27. The van der Waals surface area contributed by atoms with Gasteiger partial charge in [-0.25, -0.2) is 19.4 Å². The number of aryl methyl sites for hydroxylation is 1. The molecule has 0 aliphatic carbocycles. The standard InChI is InChI=1S/C20H13ClN6OS/c1-12-9-10-22-19-24-17(25-27(12)19)18(28)26(14-6-4-5-13(21)11-14)20-23-15-7-2-3-8-16(15)29-20/h2-11H,1H3. The van der Waals surface area contributed by atoms with E-state index in [2.05, 4.69) is 20.1 Å². The van der Waals surface area contributed by atoms with Crippen molar-refractivity contribution in [2.24, 2.45) is 0 Å². The Morgan fingerprint density at radius 2 is 1.97 bits per heavy atom. The molecule has 0 unspecified atom stereocenters. The lowest BCUT2D eigenvalue weighted by Crippen LogP contribution is -2.27.